The predicted octanol–water partition coefficient (Wildman–Crippen LogP) is 2.93. The van der Waals surface area contributed by atoms with Crippen molar-refractivity contribution in [2.45, 2.75) is 19.8 Å². The molecule has 0 fully saturated rings. The molecule has 0 atom stereocenters. The zero-order valence-corrected chi connectivity index (χ0v) is 14.7. The Balaban J connectivity index is 1.80. The Kier molecular flexibility index (Phi) is 6.75. The van der Waals surface area contributed by atoms with E-state index in [4.69, 9.17) is 0 Å². The molecule has 0 spiro atoms. The SMILES string of the molecule is Cc1ccccc1CC(=O)Nc1ccc(NCCCN(C)C)nc1. The van der Waals surface area contributed by atoms with E-state index in [0.29, 0.717) is 12.1 Å². The summed E-state index contributed by atoms with van der Waals surface area (Å²) in [7, 11) is 4.12. The van der Waals surface area contributed by atoms with Crippen LogP contribution < -0.4 is 10.6 Å². The first-order chi connectivity index (χ1) is 11.5. The van der Waals surface area contributed by atoms with Gasteiger partial charge in [0.2, 0.25) is 5.91 Å². The van der Waals surface area contributed by atoms with Gasteiger partial charge in [0.25, 0.3) is 0 Å². The lowest BCUT2D eigenvalue weighted by atomic mass is 10.1. The first-order valence-electron chi connectivity index (χ1n) is 8.23. The Morgan fingerprint density at radius 3 is 2.62 bits per heavy atom. The van der Waals surface area contributed by atoms with Crippen LogP contribution >= 0.6 is 0 Å². The van der Waals surface area contributed by atoms with Gasteiger partial charge in [0.1, 0.15) is 5.82 Å². The van der Waals surface area contributed by atoms with Gasteiger partial charge in [0.05, 0.1) is 18.3 Å². The molecule has 2 N–H and O–H groups in total. The maximum Gasteiger partial charge on any atom is 0.228 e. The van der Waals surface area contributed by atoms with Gasteiger partial charge in [-0.15, -0.1) is 0 Å². The number of hydrogen-bond acceptors (Lipinski definition) is 4. The maximum absolute atomic E-state index is 12.1. The van der Waals surface area contributed by atoms with Gasteiger partial charge in [0.15, 0.2) is 0 Å². The summed E-state index contributed by atoms with van der Waals surface area (Å²) < 4.78 is 0. The molecule has 0 bridgehead atoms. The normalized spacial score (nSPS) is 10.7. The lowest BCUT2D eigenvalue weighted by molar-refractivity contribution is -0.115. The summed E-state index contributed by atoms with van der Waals surface area (Å²) in [6.45, 7) is 3.94. The van der Waals surface area contributed by atoms with Crippen molar-refractivity contribution in [2.24, 2.45) is 0 Å². The molecule has 0 radical (unpaired) electrons. The summed E-state index contributed by atoms with van der Waals surface area (Å²) in [6, 6.07) is 11.7. The van der Waals surface area contributed by atoms with Crippen LogP contribution in [0.4, 0.5) is 11.5 Å². The van der Waals surface area contributed by atoms with Crippen molar-refractivity contribution in [3.05, 3.63) is 53.7 Å². The summed E-state index contributed by atoms with van der Waals surface area (Å²) in [5.74, 6) is 0.795. The molecule has 0 aliphatic heterocycles. The predicted molar refractivity (Wildman–Crippen MR) is 99.4 cm³/mol. The minimum absolute atomic E-state index is 0.0298. The highest BCUT2D eigenvalue weighted by molar-refractivity contribution is 5.92. The average Bonchev–Trinajstić information content (AvgIpc) is 2.55. The van der Waals surface area contributed by atoms with Crippen molar-refractivity contribution < 1.29 is 4.79 Å². The summed E-state index contributed by atoms with van der Waals surface area (Å²) >= 11 is 0. The molecule has 5 heteroatoms. The molecule has 0 aliphatic carbocycles. The minimum Gasteiger partial charge on any atom is -0.370 e. The third-order valence-electron chi connectivity index (χ3n) is 3.75. The number of benzene rings is 1. The van der Waals surface area contributed by atoms with Gasteiger partial charge in [-0.25, -0.2) is 4.98 Å². The largest absolute Gasteiger partial charge is 0.370 e. The highest BCUT2D eigenvalue weighted by Gasteiger charge is 2.06. The molecule has 0 saturated heterocycles. The second kappa shape index (κ2) is 9.03. The van der Waals surface area contributed by atoms with E-state index in [2.05, 4.69) is 34.6 Å². The van der Waals surface area contributed by atoms with E-state index >= 15 is 0 Å². The molecule has 1 aromatic carbocycles. The first kappa shape index (κ1) is 17.9. The number of hydrogen-bond donors (Lipinski definition) is 2. The van der Waals surface area contributed by atoms with Crippen LogP contribution in [-0.4, -0.2) is 43.0 Å². The fourth-order valence-electron chi connectivity index (χ4n) is 2.37. The molecule has 0 unspecified atom stereocenters. The van der Waals surface area contributed by atoms with E-state index in [1.165, 1.54) is 0 Å². The Labute approximate surface area is 144 Å². The van der Waals surface area contributed by atoms with Crippen LogP contribution in [0.1, 0.15) is 17.5 Å². The fourth-order valence-corrected chi connectivity index (χ4v) is 2.37. The van der Waals surface area contributed by atoms with Gasteiger partial charge in [-0.1, -0.05) is 24.3 Å². The van der Waals surface area contributed by atoms with Gasteiger partial charge in [0, 0.05) is 6.54 Å². The van der Waals surface area contributed by atoms with E-state index in [9.17, 15) is 4.79 Å². The minimum atomic E-state index is -0.0298. The quantitative estimate of drug-likeness (QED) is 0.732. The third-order valence-corrected chi connectivity index (χ3v) is 3.75. The van der Waals surface area contributed by atoms with Crippen LogP contribution in [0.25, 0.3) is 0 Å². The second-order valence-electron chi connectivity index (χ2n) is 6.17. The van der Waals surface area contributed by atoms with Crippen molar-refractivity contribution >= 4 is 17.4 Å². The van der Waals surface area contributed by atoms with Gasteiger partial charge in [-0.2, -0.15) is 0 Å². The molecule has 0 saturated carbocycles. The number of aryl methyl sites for hydroxylation is 1. The first-order valence-corrected chi connectivity index (χ1v) is 8.23. The van der Waals surface area contributed by atoms with Crippen molar-refractivity contribution in [3.63, 3.8) is 0 Å². The summed E-state index contributed by atoms with van der Waals surface area (Å²) in [5.41, 5.74) is 2.89. The molecule has 1 amide bonds. The fraction of sp³-hybridized carbons (Fsp3) is 0.368. The van der Waals surface area contributed by atoms with Crippen LogP contribution in [-0.2, 0) is 11.2 Å². The lowest BCUT2D eigenvalue weighted by Crippen LogP contribution is -2.17. The molecule has 1 heterocycles. The molecular formula is C19H26N4O. The summed E-state index contributed by atoms with van der Waals surface area (Å²) in [4.78, 5) is 18.6. The topological polar surface area (TPSA) is 57.3 Å². The number of amides is 1. The number of carbonyl (C=O) groups excluding carboxylic acids is 1. The Bertz CT molecular complexity index is 653. The van der Waals surface area contributed by atoms with Gasteiger partial charge >= 0.3 is 0 Å². The second-order valence-corrected chi connectivity index (χ2v) is 6.17. The van der Waals surface area contributed by atoms with Gasteiger partial charge < -0.3 is 15.5 Å². The van der Waals surface area contributed by atoms with Crippen molar-refractivity contribution in [2.75, 3.05) is 37.8 Å². The molecular weight excluding hydrogens is 300 g/mol. The van der Waals surface area contributed by atoms with Crippen molar-refractivity contribution in [1.29, 1.82) is 0 Å². The Morgan fingerprint density at radius 2 is 1.96 bits per heavy atom. The van der Waals surface area contributed by atoms with Crippen LogP contribution in [0.5, 0.6) is 0 Å². The number of anilines is 2. The van der Waals surface area contributed by atoms with E-state index in [1.54, 1.807) is 6.20 Å². The van der Waals surface area contributed by atoms with E-state index in [0.717, 1.165) is 36.5 Å². The zero-order chi connectivity index (χ0) is 17.4. The molecule has 128 valence electrons. The monoisotopic (exact) mass is 326 g/mol. The van der Waals surface area contributed by atoms with E-state index in [-0.39, 0.29) is 5.91 Å². The Hall–Kier alpha value is -2.40. The van der Waals surface area contributed by atoms with Crippen molar-refractivity contribution in [3.8, 4) is 0 Å². The molecule has 2 aromatic rings. The van der Waals surface area contributed by atoms with Crippen LogP contribution in [0.3, 0.4) is 0 Å². The van der Waals surface area contributed by atoms with Crippen LogP contribution in [0, 0.1) is 6.92 Å². The number of rotatable bonds is 8. The summed E-state index contributed by atoms with van der Waals surface area (Å²) in [5, 5.41) is 6.17. The Morgan fingerprint density at radius 1 is 1.17 bits per heavy atom. The molecule has 24 heavy (non-hydrogen) atoms. The van der Waals surface area contributed by atoms with E-state index in [1.807, 2.05) is 43.3 Å². The zero-order valence-electron chi connectivity index (χ0n) is 14.7. The van der Waals surface area contributed by atoms with Gasteiger partial charge in [-0.3, -0.25) is 4.79 Å². The average molecular weight is 326 g/mol. The number of nitrogens with zero attached hydrogens (tertiary/aromatic N) is 2. The third kappa shape index (κ3) is 6.01. The summed E-state index contributed by atoms with van der Waals surface area (Å²) in [6.07, 6.45) is 3.12. The lowest BCUT2D eigenvalue weighted by Gasteiger charge is -2.11. The smallest absolute Gasteiger partial charge is 0.228 e. The number of pyridine rings is 1. The van der Waals surface area contributed by atoms with Crippen LogP contribution in [0.2, 0.25) is 0 Å². The molecule has 1 aromatic heterocycles. The highest BCUT2D eigenvalue weighted by Crippen LogP contribution is 2.12. The van der Waals surface area contributed by atoms with E-state index < -0.39 is 0 Å². The number of carbonyl (C=O) groups is 1. The molecule has 5 nitrogen and oxygen atoms in total. The van der Waals surface area contributed by atoms with Gasteiger partial charge in [-0.05, 0) is 57.2 Å². The highest BCUT2D eigenvalue weighted by atomic mass is 16.1. The standard InChI is InChI=1S/C19H26N4O/c1-15-7-4-5-8-16(15)13-19(24)22-17-9-10-18(21-14-17)20-11-6-12-23(2)3/h4-5,7-10,14H,6,11-13H2,1-3H3,(H,20,21)(H,22,24). The number of aromatic nitrogens is 1. The van der Waals surface area contributed by atoms with Crippen molar-refractivity contribution in [1.82, 2.24) is 9.88 Å². The number of nitrogens with one attached hydrogen (secondary N) is 2. The van der Waals surface area contributed by atoms with Crippen LogP contribution in [0.15, 0.2) is 42.6 Å². The molecule has 2 rings (SSSR count). The maximum atomic E-state index is 12.1. The molecule has 0 aliphatic rings.